The van der Waals surface area contributed by atoms with Gasteiger partial charge < -0.3 is 10.5 Å². The Kier molecular flexibility index (Phi) is 3.17. The first kappa shape index (κ1) is 12.1. The molecule has 0 spiro atoms. The number of halogens is 1. The molecule has 1 fully saturated rings. The number of rotatable bonds is 2. The third kappa shape index (κ3) is 3.05. The summed E-state index contributed by atoms with van der Waals surface area (Å²) in [4.78, 5) is 7.34. The molecule has 0 unspecified atom stereocenters. The average Bonchev–Trinajstić information content (AvgIpc) is 2.26. The molecule has 2 rings (SSSR count). The van der Waals surface area contributed by atoms with Crippen molar-refractivity contribution in [2.24, 2.45) is 5.41 Å². The van der Waals surface area contributed by atoms with E-state index in [-0.39, 0.29) is 17.9 Å². The third-order valence-corrected chi connectivity index (χ3v) is 3.30. The van der Waals surface area contributed by atoms with E-state index in [1.807, 2.05) is 0 Å². The van der Waals surface area contributed by atoms with Crippen molar-refractivity contribution in [1.29, 1.82) is 0 Å². The predicted octanol–water partition coefficient (Wildman–Crippen LogP) is 2.55. The quantitative estimate of drug-likeness (QED) is 0.861. The first-order chi connectivity index (χ1) is 7.96. The highest BCUT2D eigenvalue weighted by Gasteiger charge is 2.28. The second-order valence-electron chi connectivity index (χ2n) is 5.36. The summed E-state index contributed by atoms with van der Waals surface area (Å²) in [6.07, 6.45) is 5.10. The minimum Gasteiger partial charge on any atom is -0.472 e. The second-order valence-corrected chi connectivity index (χ2v) is 5.36. The van der Waals surface area contributed by atoms with Crippen LogP contribution in [0.3, 0.4) is 0 Å². The van der Waals surface area contributed by atoms with Gasteiger partial charge in [-0.3, -0.25) is 0 Å². The molecular weight excluding hydrogens is 221 g/mol. The number of nitrogen functional groups attached to an aromatic ring is 1. The topological polar surface area (TPSA) is 61.0 Å². The summed E-state index contributed by atoms with van der Waals surface area (Å²) in [5.41, 5.74) is 5.77. The van der Waals surface area contributed by atoms with Crippen molar-refractivity contribution in [1.82, 2.24) is 9.97 Å². The van der Waals surface area contributed by atoms with Gasteiger partial charge in [0.1, 0.15) is 6.10 Å². The first-order valence-electron chi connectivity index (χ1n) is 5.91. The van der Waals surface area contributed by atoms with Crippen molar-refractivity contribution in [3.05, 3.63) is 12.0 Å². The summed E-state index contributed by atoms with van der Waals surface area (Å²) in [7, 11) is 0. The Morgan fingerprint density at radius 2 is 2.06 bits per heavy atom. The van der Waals surface area contributed by atoms with E-state index in [1.54, 1.807) is 0 Å². The molecule has 0 saturated heterocycles. The molecule has 0 aromatic carbocycles. The minimum absolute atomic E-state index is 0.0257. The fourth-order valence-electron chi connectivity index (χ4n) is 2.10. The fourth-order valence-corrected chi connectivity index (χ4v) is 2.10. The Morgan fingerprint density at radius 3 is 2.71 bits per heavy atom. The Labute approximate surface area is 100 Å². The van der Waals surface area contributed by atoms with Crippen molar-refractivity contribution in [2.45, 2.75) is 45.6 Å². The predicted molar refractivity (Wildman–Crippen MR) is 63.1 cm³/mol. The van der Waals surface area contributed by atoms with Gasteiger partial charge in [0.05, 0.1) is 6.20 Å². The summed E-state index contributed by atoms with van der Waals surface area (Å²) >= 11 is 0. The Morgan fingerprint density at radius 1 is 1.41 bits per heavy atom. The van der Waals surface area contributed by atoms with E-state index in [9.17, 15) is 4.39 Å². The molecule has 1 aromatic heterocycles. The van der Waals surface area contributed by atoms with E-state index in [0.717, 1.165) is 31.9 Å². The van der Waals surface area contributed by atoms with Crippen LogP contribution < -0.4 is 10.5 Å². The number of aromatic nitrogens is 2. The molecule has 1 aromatic rings. The van der Waals surface area contributed by atoms with Gasteiger partial charge in [0, 0.05) is 0 Å². The fraction of sp³-hybridized carbons (Fsp3) is 0.667. The normalized spacial score (nSPS) is 20.2. The van der Waals surface area contributed by atoms with Gasteiger partial charge in [-0.15, -0.1) is 0 Å². The van der Waals surface area contributed by atoms with Gasteiger partial charge in [0.2, 0.25) is 11.8 Å². The molecular formula is C12H18FN3O. The van der Waals surface area contributed by atoms with E-state index >= 15 is 0 Å². The molecule has 1 aliphatic rings. The van der Waals surface area contributed by atoms with Crippen LogP contribution in [-0.4, -0.2) is 16.1 Å². The molecule has 1 heterocycles. The first-order valence-corrected chi connectivity index (χ1v) is 5.91. The van der Waals surface area contributed by atoms with Crippen LogP contribution in [0.4, 0.5) is 10.3 Å². The lowest BCUT2D eigenvalue weighted by molar-refractivity contribution is 0.0910. The molecule has 0 amide bonds. The van der Waals surface area contributed by atoms with Crippen molar-refractivity contribution < 1.29 is 9.13 Å². The van der Waals surface area contributed by atoms with Crippen LogP contribution in [-0.2, 0) is 0 Å². The number of hydrogen-bond donors (Lipinski definition) is 1. The molecule has 0 bridgehead atoms. The molecule has 0 aliphatic heterocycles. The van der Waals surface area contributed by atoms with Crippen molar-refractivity contribution in [3.63, 3.8) is 0 Å². The van der Waals surface area contributed by atoms with Gasteiger partial charge >= 0.3 is 0 Å². The number of ether oxygens (including phenoxy) is 1. The van der Waals surface area contributed by atoms with E-state index in [4.69, 9.17) is 10.5 Å². The van der Waals surface area contributed by atoms with Crippen molar-refractivity contribution in [3.8, 4) is 5.88 Å². The minimum atomic E-state index is -0.552. The maximum Gasteiger partial charge on any atom is 0.255 e. The third-order valence-electron chi connectivity index (χ3n) is 3.30. The Hall–Kier alpha value is -1.39. The standard InChI is InChI=1S/C12H18FN3O/c1-12(2)5-3-8(4-6-12)17-10-9(13)7-15-11(14)16-10/h7-8H,3-6H2,1-2H3,(H2,14,15,16). The van der Waals surface area contributed by atoms with Crippen LogP contribution in [0.1, 0.15) is 39.5 Å². The van der Waals surface area contributed by atoms with E-state index in [1.165, 1.54) is 0 Å². The lowest BCUT2D eigenvalue weighted by Gasteiger charge is -2.34. The van der Waals surface area contributed by atoms with Crippen molar-refractivity contribution >= 4 is 5.95 Å². The van der Waals surface area contributed by atoms with Crippen LogP contribution in [0, 0.1) is 11.2 Å². The number of nitrogens with two attached hydrogens (primary N) is 1. The molecule has 4 nitrogen and oxygen atoms in total. The lowest BCUT2D eigenvalue weighted by atomic mass is 9.76. The lowest BCUT2D eigenvalue weighted by Crippen LogP contribution is -2.29. The van der Waals surface area contributed by atoms with Crippen molar-refractivity contribution in [2.75, 3.05) is 5.73 Å². The molecule has 1 saturated carbocycles. The van der Waals surface area contributed by atoms with Gasteiger partial charge in [-0.25, -0.2) is 4.98 Å². The SMILES string of the molecule is CC1(C)CCC(Oc2nc(N)ncc2F)CC1. The van der Waals surface area contributed by atoms with Gasteiger partial charge in [0.15, 0.2) is 0 Å². The van der Waals surface area contributed by atoms with Gasteiger partial charge in [-0.05, 0) is 31.1 Å². The Bertz CT molecular complexity index is 399. The molecule has 0 radical (unpaired) electrons. The maximum atomic E-state index is 13.4. The highest BCUT2D eigenvalue weighted by molar-refractivity contribution is 5.22. The zero-order valence-electron chi connectivity index (χ0n) is 10.2. The molecule has 5 heteroatoms. The summed E-state index contributed by atoms with van der Waals surface area (Å²) < 4.78 is 18.9. The Balaban J connectivity index is 2.00. The molecule has 1 aliphatic carbocycles. The summed E-state index contributed by atoms with van der Waals surface area (Å²) in [6, 6.07) is 0. The summed E-state index contributed by atoms with van der Waals surface area (Å²) in [6.45, 7) is 4.49. The van der Waals surface area contributed by atoms with E-state index in [0.29, 0.717) is 5.41 Å². The largest absolute Gasteiger partial charge is 0.472 e. The molecule has 0 atom stereocenters. The highest BCUT2D eigenvalue weighted by Crippen LogP contribution is 2.36. The van der Waals surface area contributed by atoms with Gasteiger partial charge in [0.25, 0.3) is 5.88 Å². The monoisotopic (exact) mass is 239 g/mol. The highest BCUT2D eigenvalue weighted by atomic mass is 19.1. The van der Waals surface area contributed by atoms with Crippen LogP contribution in [0.25, 0.3) is 0 Å². The van der Waals surface area contributed by atoms with Crippen LogP contribution in [0.15, 0.2) is 6.20 Å². The number of hydrogen-bond acceptors (Lipinski definition) is 4. The van der Waals surface area contributed by atoms with Crippen LogP contribution in [0.5, 0.6) is 5.88 Å². The van der Waals surface area contributed by atoms with Crippen LogP contribution >= 0.6 is 0 Å². The van der Waals surface area contributed by atoms with Gasteiger partial charge in [-0.1, -0.05) is 13.8 Å². The molecule has 17 heavy (non-hydrogen) atoms. The maximum absolute atomic E-state index is 13.4. The van der Waals surface area contributed by atoms with E-state index < -0.39 is 5.82 Å². The van der Waals surface area contributed by atoms with E-state index in [2.05, 4.69) is 23.8 Å². The smallest absolute Gasteiger partial charge is 0.255 e. The second kappa shape index (κ2) is 4.47. The average molecular weight is 239 g/mol. The number of anilines is 1. The van der Waals surface area contributed by atoms with Crippen LogP contribution in [0.2, 0.25) is 0 Å². The molecule has 94 valence electrons. The van der Waals surface area contributed by atoms with Gasteiger partial charge in [-0.2, -0.15) is 9.37 Å². The summed E-state index contributed by atoms with van der Waals surface area (Å²) in [5.74, 6) is -0.538. The zero-order chi connectivity index (χ0) is 12.5. The summed E-state index contributed by atoms with van der Waals surface area (Å²) in [5, 5.41) is 0. The zero-order valence-corrected chi connectivity index (χ0v) is 10.2. The molecule has 2 N–H and O–H groups in total. The number of nitrogens with zero attached hydrogens (tertiary/aromatic N) is 2.